The number of carbonyl (C=O) groups excluding carboxylic acids is 2. The maximum Gasteiger partial charge on any atom is 0.252 e. The Labute approximate surface area is 161 Å². The van der Waals surface area contributed by atoms with Crippen LogP contribution in [-0.4, -0.2) is 50.7 Å². The molecule has 1 aliphatic rings. The number of carbonyl (C=O) groups is 2. The lowest BCUT2D eigenvalue weighted by Gasteiger charge is -2.36. The number of hydrogen-bond donors (Lipinski definition) is 2. The van der Waals surface area contributed by atoms with Crippen LogP contribution in [0.4, 0.5) is 0 Å². The molecule has 0 bridgehead atoms. The lowest BCUT2D eigenvalue weighted by atomic mass is 9.90. The lowest BCUT2D eigenvalue weighted by molar-refractivity contribution is -0.148. The van der Waals surface area contributed by atoms with E-state index in [1.165, 1.54) is 17.4 Å². The third kappa shape index (κ3) is 4.99. The summed E-state index contributed by atoms with van der Waals surface area (Å²) >= 11 is 1.40. The average molecular weight is 386 g/mol. The van der Waals surface area contributed by atoms with E-state index in [-0.39, 0.29) is 25.3 Å². The number of piperidine rings is 1. The van der Waals surface area contributed by atoms with Crippen molar-refractivity contribution >= 4 is 29.2 Å². The fourth-order valence-electron chi connectivity index (χ4n) is 2.89. The van der Waals surface area contributed by atoms with Gasteiger partial charge in [-0.05, 0) is 18.6 Å². The van der Waals surface area contributed by atoms with Crippen LogP contribution in [0.1, 0.15) is 28.4 Å². The van der Waals surface area contributed by atoms with E-state index in [0.717, 1.165) is 10.6 Å². The Morgan fingerprint density at radius 1 is 1.26 bits per heavy atom. The van der Waals surface area contributed by atoms with E-state index in [4.69, 9.17) is 0 Å². The van der Waals surface area contributed by atoms with Crippen molar-refractivity contribution in [1.82, 2.24) is 20.4 Å². The van der Waals surface area contributed by atoms with E-state index in [1.54, 1.807) is 11.0 Å². The van der Waals surface area contributed by atoms with E-state index in [0.29, 0.717) is 18.1 Å². The van der Waals surface area contributed by atoms with Crippen LogP contribution in [0.25, 0.3) is 6.08 Å². The van der Waals surface area contributed by atoms with Gasteiger partial charge >= 0.3 is 0 Å². The van der Waals surface area contributed by atoms with E-state index < -0.39 is 11.5 Å². The first-order valence-corrected chi connectivity index (χ1v) is 9.60. The number of rotatable bonds is 5. The van der Waals surface area contributed by atoms with Gasteiger partial charge in [0, 0.05) is 32.0 Å². The summed E-state index contributed by atoms with van der Waals surface area (Å²) in [5.41, 5.74) is -0.509. The summed E-state index contributed by atoms with van der Waals surface area (Å²) in [4.78, 5) is 26.3. The van der Waals surface area contributed by atoms with E-state index >= 15 is 0 Å². The first-order chi connectivity index (χ1) is 13.0. The van der Waals surface area contributed by atoms with Crippen LogP contribution in [0, 0.1) is 6.92 Å². The molecular formula is C19H22N4O3S. The number of aromatic nitrogens is 2. The standard InChI is InChI=1S/C19H22N4O3S/c1-14-21-22-16(27-14)13-20-18(25)19(26)9-11-23(12-10-19)17(24)8-7-15-5-3-2-4-6-15/h2-8,26H,9-13H2,1H3,(H,20,25)/b8-7+. The predicted octanol–water partition coefficient (Wildman–Crippen LogP) is 1.53. The summed E-state index contributed by atoms with van der Waals surface area (Å²) in [7, 11) is 0. The highest BCUT2D eigenvalue weighted by molar-refractivity contribution is 7.11. The number of nitrogens with one attached hydrogen (secondary N) is 1. The minimum Gasteiger partial charge on any atom is -0.380 e. The molecule has 2 amide bonds. The van der Waals surface area contributed by atoms with E-state index in [9.17, 15) is 14.7 Å². The Bertz CT molecular complexity index is 826. The monoisotopic (exact) mass is 386 g/mol. The third-order valence-electron chi connectivity index (χ3n) is 4.51. The van der Waals surface area contributed by atoms with Gasteiger partial charge in [-0.1, -0.05) is 41.7 Å². The van der Waals surface area contributed by atoms with Gasteiger partial charge in [-0.3, -0.25) is 9.59 Å². The average Bonchev–Trinajstić information content (AvgIpc) is 3.11. The van der Waals surface area contributed by atoms with Crippen LogP contribution in [0.5, 0.6) is 0 Å². The van der Waals surface area contributed by atoms with Crippen molar-refractivity contribution in [3.05, 3.63) is 52.0 Å². The summed E-state index contributed by atoms with van der Waals surface area (Å²) in [6, 6.07) is 9.58. The molecule has 2 aromatic rings. The molecule has 1 aromatic heterocycles. The second-order valence-electron chi connectivity index (χ2n) is 6.50. The molecule has 2 heterocycles. The largest absolute Gasteiger partial charge is 0.380 e. The number of aryl methyl sites for hydroxylation is 1. The van der Waals surface area contributed by atoms with Crippen LogP contribution >= 0.6 is 11.3 Å². The zero-order valence-electron chi connectivity index (χ0n) is 15.1. The number of likely N-dealkylation sites (tertiary alicyclic amines) is 1. The lowest BCUT2D eigenvalue weighted by Crippen LogP contribution is -2.54. The molecule has 8 heteroatoms. The van der Waals surface area contributed by atoms with E-state index in [1.807, 2.05) is 37.3 Å². The molecule has 0 aliphatic carbocycles. The maximum atomic E-state index is 12.4. The highest BCUT2D eigenvalue weighted by Gasteiger charge is 2.40. The van der Waals surface area contributed by atoms with Crippen LogP contribution in [0.2, 0.25) is 0 Å². The normalized spacial score (nSPS) is 16.4. The molecule has 1 saturated heterocycles. The highest BCUT2D eigenvalue weighted by Crippen LogP contribution is 2.23. The van der Waals surface area contributed by atoms with Crippen molar-refractivity contribution in [2.24, 2.45) is 0 Å². The van der Waals surface area contributed by atoms with E-state index in [2.05, 4.69) is 15.5 Å². The van der Waals surface area contributed by atoms with Crippen LogP contribution < -0.4 is 5.32 Å². The first-order valence-electron chi connectivity index (χ1n) is 8.78. The number of hydrogen-bond acceptors (Lipinski definition) is 6. The zero-order valence-corrected chi connectivity index (χ0v) is 15.9. The topological polar surface area (TPSA) is 95.4 Å². The van der Waals surface area contributed by atoms with Gasteiger partial charge in [-0.25, -0.2) is 0 Å². The minimum atomic E-state index is -1.46. The summed E-state index contributed by atoms with van der Waals surface area (Å²) in [5.74, 6) is -0.548. The number of nitrogens with zero attached hydrogens (tertiary/aromatic N) is 3. The molecule has 2 N–H and O–H groups in total. The van der Waals surface area contributed by atoms with Gasteiger partial charge in [0.15, 0.2) is 0 Å². The van der Waals surface area contributed by atoms with Gasteiger partial charge in [0.05, 0.1) is 6.54 Å². The molecule has 0 radical (unpaired) electrons. The molecule has 0 atom stereocenters. The molecule has 142 valence electrons. The van der Waals surface area contributed by atoms with Crippen LogP contribution in [0.3, 0.4) is 0 Å². The molecule has 1 aromatic carbocycles. The molecule has 27 heavy (non-hydrogen) atoms. The van der Waals surface area contributed by atoms with Gasteiger partial charge in [-0.2, -0.15) is 0 Å². The number of aliphatic hydroxyl groups is 1. The van der Waals surface area contributed by atoms with Gasteiger partial charge in [0.1, 0.15) is 15.6 Å². The summed E-state index contributed by atoms with van der Waals surface area (Å²) < 4.78 is 0. The smallest absolute Gasteiger partial charge is 0.252 e. The number of amides is 2. The van der Waals surface area contributed by atoms with Gasteiger partial charge in [0.25, 0.3) is 5.91 Å². The Balaban J connectivity index is 1.50. The van der Waals surface area contributed by atoms with Crippen molar-refractivity contribution in [3.8, 4) is 0 Å². The molecule has 0 saturated carbocycles. The minimum absolute atomic E-state index is 0.120. The maximum absolute atomic E-state index is 12.4. The van der Waals surface area contributed by atoms with Gasteiger partial charge in [0.2, 0.25) is 5.91 Å². The molecule has 1 fully saturated rings. The molecule has 0 spiro atoms. The second-order valence-corrected chi connectivity index (χ2v) is 7.76. The summed E-state index contributed by atoms with van der Waals surface area (Å²) in [5, 5.41) is 22.7. The fourth-order valence-corrected chi connectivity index (χ4v) is 3.54. The Hall–Kier alpha value is -2.58. The molecule has 0 unspecified atom stereocenters. The van der Waals surface area contributed by atoms with Crippen molar-refractivity contribution in [3.63, 3.8) is 0 Å². The predicted molar refractivity (Wildman–Crippen MR) is 103 cm³/mol. The van der Waals surface area contributed by atoms with Crippen molar-refractivity contribution in [2.45, 2.75) is 31.9 Å². The Morgan fingerprint density at radius 3 is 2.59 bits per heavy atom. The zero-order chi connectivity index (χ0) is 19.3. The van der Waals surface area contributed by atoms with Crippen LogP contribution in [0.15, 0.2) is 36.4 Å². The Kier molecular flexibility index (Phi) is 5.98. The van der Waals surface area contributed by atoms with Crippen molar-refractivity contribution < 1.29 is 14.7 Å². The SMILES string of the molecule is Cc1nnc(CNC(=O)C2(O)CCN(C(=O)/C=C/c3ccccc3)CC2)s1. The third-order valence-corrected chi connectivity index (χ3v) is 5.35. The van der Waals surface area contributed by atoms with Crippen molar-refractivity contribution in [1.29, 1.82) is 0 Å². The van der Waals surface area contributed by atoms with Gasteiger partial charge in [-0.15, -0.1) is 10.2 Å². The highest BCUT2D eigenvalue weighted by atomic mass is 32.1. The van der Waals surface area contributed by atoms with Crippen LogP contribution in [-0.2, 0) is 16.1 Å². The van der Waals surface area contributed by atoms with Gasteiger partial charge < -0.3 is 15.3 Å². The quantitative estimate of drug-likeness (QED) is 0.760. The second kappa shape index (κ2) is 8.41. The first kappa shape index (κ1) is 19.2. The molecular weight excluding hydrogens is 364 g/mol. The number of benzene rings is 1. The molecule has 3 rings (SSSR count). The molecule has 1 aliphatic heterocycles. The van der Waals surface area contributed by atoms with Crippen molar-refractivity contribution in [2.75, 3.05) is 13.1 Å². The molecule has 7 nitrogen and oxygen atoms in total. The Morgan fingerprint density at radius 2 is 1.96 bits per heavy atom. The fraction of sp³-hybridized carbons (Fsp3) is 0.368. The summed E-state index contributed by atoms with van der Waals surface area (Å²) in [6.45, 7) is 2.75. The summed E-state index contributed by atoms with van der Waals surface area (Å²) in [6.07, 6.45) is 3.70.